The Morgan fingerprint density at radius 1 is 1.47 bits per heavy atom. The van der Waals surface area contributed by atoms with Crippen LogP contribution in [0.25, 0.3) is 0 Å². The second-order valence-electron chi connectivity index (χ2n) is 5.34. The number of benzene rings is 1. The SMILES string of the molecule is CC1CN(c2cc(C#N)ccc2[C@@H](C)O)CCC1O. The number of nitriles is 1. The number of hydrogen-bond acceptors (Lipinski definition) is 4. The highest BCUT2D eigenvalue weighted by Gasteiger charge is 2.26. The van der Waals surface area contributed by atoms with Crippen LogP contribution in [0.3, 0.4) is 0 Å². The highest BCUT2D eigenvalue weighted by atomic mass is 16.3. The molecule has 0 radical (unpaired) electrons. The maximum Gasteiger partial charge on any atom is 0.0992 e. The van der Waals surface area contributed by atoms with Crippen LogP contribution < -0.4 is 4.90 Å². The topological polar surface area (TPSA) is 67.5 Å². The van der Waals surface area contributed by atoms with Crippen LogP contribution in [0.2, 0.25) is 0 Å². The van der Waals surface area contributed by atoms with Crippen molar-refractivity contribution in [1.29, 1.82) is 5.26 Å². The number of nitrogens with zero attached hydrogens (tertiary/aromatic N) is 2. The minimum atomic E-state index is -0.565. The molecule has 2 unspecified atom stereocenters. The van der Waals surface area contributed by atoms with Crippen LogP contribution in [-0.2, 0) is 0 Å². The molecule has 0 spiro atoms. The van der Waals surface area contributed by atoms with Crippen molar-refractivity contribution in [3.8, 4) is 6.07 Å². The lowest BCUT2D eigenvalue weighted by molar-refractivity contribution is 0.0968. The molecular formula is C15H20N2O2. The molecule has 1 aromatic carbocycles. The van der Waals surface area contributed by atoms with Gasteiger partial charge in [0.2, 0.25) is 0 Å². The molecule has 1 saturated heterocycles. The van der Waals surface area contributed by atoms with Gasteiger partial charge in [-0.05, 0) is 31.4 Å². The molecule has 2 rings (SSSR count). The van der Waals surface area contributed by atoms with Crippen molar-refractivity contribution in [3.05, 3.63) is 29.3 Å². The van der Waals surface area contributed by atoms with Crippen molar-refractivity contribution in [2.75, 3.05) is 18.0 Å². The second-order valence-corrected chi connectivity index (χ2v) is 5.34. The Kier molecular flexibility index (Phi) is 4.08. The average molecular weight is 260 g/mol. The standard InChI is InChI=1S/C15H20N2O2/c1-10-9-17(6-5-15(10)19)14-7-12(8-16)3-4-13(14)11(2)18/h3-4,7,10-11,15,18-19H,5-6,9H2,1-2H3/t10?,11-,15?/m1/s1. The number of anilines is 1. The molecular weight excluding hydrogens is 240 g/mol. The van der Waals surface area contributed by atoms with Gasteiger partial charge in [-0.25, -0.2) is 0 Å². The van der Waals surface area contributed by atoms with Crippen LogP contribution in [0.1, 0.15) is 37.5 Å². The molecule has 0 saturated carbocycles. The van der Waals surface area contributed by atoms with Gasteiger partial charge in [0.05, 0.1) is 23.8 Å². The molecule has 1 heterocycles. The van der Waals surface area contributed by atoms with Crippen molar-refractivity contribution in [2.45, 2.75) is 32.5 Å². The van der Waals surface area contributed by atoms with E-state index < -0.39 is 6.10 Å². The van der Waals surface area contributed by atoms with E-state index in [0.717, 1.165) is 30.8 Å². The molecule has 0 aromatic heterocycles. The summed E-state index contributed by atoms with van der Waals surface area (Å²) in [6.45, 7) is 5.25. The zero-order valence-corrected chi connectivity index (χ0v) is 11.4. The fourth-order valence-electron chi connectivity index (χ4n) is 2.59. The van der Waals surface area contributed by atoms with E-state index in [-0.39, 0.29) is 12.0 Å². The molecule has 1 fully saturated rings. The molecule has 0 amide bonds. The number of aliphatic hydroxyl groups is 2. The minimum absolute atomic E-state index is 0.196. The lowest BCUT2D eigenvalue weighted by atomic mass is 9.94. The van der Waals surface area contributed by atoms with E-state index >= 15 is 0 Å². The summed E-state index contributed by atoms with van der Waals surface area (Å²) in [5, 5.41) is 28.7. The maximum atomic E-state index is 9.86. The van der Waals surface area contributed by atoms with Gasteiger partial charge >= 0.3 is 0 Å². The molecule has 1 aromatic rings. The van der Waals surface area contributed by atoms with E-state index in [0.29, 0.717) is 5.56 Å². The molecule has 4 heteroatoms. The van der Waals surface area contributed by atoms with Gasteiger partial charge in [0, 0.05) is 24.3 Å². The van der Waals surface area contributed by atoms with E-state index in [1.54, 1.807) is 13.0 Å². The maximum absolute atomic E-state index is 9.86. The fraction of sp³-hybridized carbons (Fsp3) is 0.533. The van der Waals surface area contributed by atoms with E-state index in [2.05, 4.69) is 11.0 Å². The van der Waals surface area contributed by atoms with Gasteiger partial charge in [-0.15, -0.1) is 0 Å². The van der Waals surface area contributed by atoms with Crippen LogP contribution in [0.5, 0.6) is 0 Å². The Balaban J connectivity index is 2.34. The summed E-state index contributed by atoms with van der Waals surface area (Å²) >= 11 is 0. The number of hydrogen-bond donors (Lipinski definition) is 2. The zero-order valence-electron chi connectivity index (χ0n) is 11.4. The quantitative estimate of drug-likeness (QED) is 0.851. The lowest BCUT2D eigenvalue weighted by Crippen LogP contribution is -2.42. The Labute approximate surface area is 113 Å². The Hall–Kier alpha value is -1.57. The third-order valence-corrected chi connectivity index (χ3v) is 3.81. The normalized spacial score (nSPS) is 24.9. The van der Waals surface area contributed by atoms with Crippen LogP contribution in [0.15, 0.2) is 18.2 Å². The Morgan fingerprint density at radius 2 is 2.21 bits per heavy atom. The predicted molar refractivity (Wildman–Crippen MR) is 73.8 cm³/mol. The van der Waals surface area contributed by atoms with Gasteiger partial charge in [-0.1, -0.05) is 13.0 Å². The largest absolute Gasteiger partial charge is 0.393 e. The van der Waals surface area contributed by atoms with Crippen LogP contribution in [0.4, 0.5) is 5.69 Å². The van der Waals surface area contributed by atoms with Gasteiger partial charge in [0.15, 0.2) is 0 Å². The monoisotopic (exact) mass is 260 g/mol. The second kappa shape index (κ2) is 5.60. The summed E-state index contributed by atoms with van der Waals surface area (Å²) in [6.07, 6.45) is -0.104. The third kappa shape index (κ3) is 2.89. The van der Waals surface area contributed by atoms with E-state index in [1.807, 2.05) is 19.1 Å². The minimum Gasteiger partial charge on any atom is -0.393 e. The van der Waals surface area contributed by atoms with Crippen molar-refractivity contribution in [1.82, 2.24) is 0 Å². The van der Waals surface area contributed by atoms with Crippen LogP contribution >= 0.6 is 0 Å². The Bertz CT molecular complexity index is 493. The third-order valence-electron chi connectivity index (χ3n) is 3.81. The van der Waals surface area contributed by atoms with E-state index in [1.165, 1.54) is 0 Å². The summed E-state index contributed by atoms with van der Waals surface area (Å²) in [6, 6.07) is 7.50. The first-order valence-electron chi connectivity index (χ1n) is 6.68. The summed E-state index contributed by atoms with van der Waals surface area (Å²) < 4.78 is 0. The van der Waals surface area contributed by atoms with E-state index in [4.69, 9.17) is 5.26 Å². The molecule has 2 N–H and O–H groups in total. The van der Waals surface area contributed by atoms with Crippen molar-refractivity contribution in [3.63, 3.8) is 0 Å². The smallest absolute Gasteiger partial charge is 0.0992 e. The first kappa shape index (κ1) is 13.9. The highest BCUT2D eigenvalue weighted by Crippen LogP contribution is 2.31. The van der Waals surface area contributed by atoms with Crippen LogP contribution in [-0.4, -0.2) is 29.4 Å². The first-order chi connectivity index (χ1) is 9.02. The first-order valence-corrected chi connectivity index (χ1v) is 6.68. The lowest BCUT2D eigenvalue weighted by Gasteiger charge is -2.37. The van der Waals surface area contributed by atoms with Crippen molar-refractivity contribution in [2.24, 2.45) is 5.92 Å². The summed E-state index contributed by atoms with van der Waals surface area (Å²) in [4.78, 5) is 2.15. The summed E-state index contributed by atoms with van der Waals surface area (Å²) in [7, 11) is 0. The number of aliphatic hydroxyl groups excluding tert-OH is 2. The van der Waals surface area contributed by atoms with Crippen molar-refractivity contribution < 1.29 is 10.2 Å². The molecule has 0 aliphatic carbocycles. The molecule has 1 aliphatic heterocycles. The molecule has 4 nitrogen and oxygen atoms in total. The molecule has 102 valence electrons. The summed E-state index contributed by atoms with van der Waals surface area (Å²) in [5.41, 5.74) is 2.34. The average Bonchev–Trinajstić information content (AvgIpc) is 2.41. The molecule has 0 bridgehead atoms. The predicted octanol–water partition coefficient (Wildman–Crippen LogP) is 1.82. The number of piperidine rings is 1. The zero-order chi connectivity index (χ0) is 14.0. The molecule has 1 aliphatic rings. The summed E-state index contributed by atoms with van der Waals surface area (Å²) in [5.74, 6) is 0.196. The Morgan fingerprint density at radius 3 is 2.79 bits per heavy atom. The highest BCUT2D eigenvalue weighted by molar-refractivity contribution is 5.58. The number of rotatable bonds is 2. The fourth-order valence-corrected chi connectivity index (χ4v) is 2.59. The van der Waals surface area contributed by atoms with Gasteiger partial charge in [0.25, 0.3) is 0 Å². The van der Waals surface area contributed by atoms with Crippen LogP contribution in [0, 0.1) is 17.2 Å². The van der Waals surface area contributed by atoms with Gasteiger partial charge in [-0.3, -0.25) is 0 Å². The van der Waals surface area contributed by atoms with Gasteiger partial charge < -0.3 is 15.1 Å². The van der Waals surface area contributed by atoms with Crippen molar-refractivity contribution >= 4 is 5.69 Å². The van der Waals surface area contributed by atoms with Gasteiger partial charge in [-0.2, -0.15) is 5.26 Å². The van der Waals surface area contributed by atoms with E-state index in [9.17, 15) is 10.2 Å². The molecule has 19 heavy (non-hydrogen) atoms. The van der Waals surface area contributed by atoms with Gasteiger partial charge in [0.1, 0.15) is 0 Å². The molecule has 3 atom stereocenters.